The maximum Gasteiger partial charge on any atom is 0.514 e. The van der Waals surface area contributed by atoms with Crippen molar-refractivity contribution in [2.45, 2.75) is 6.92 Å². The summed E-state index contributed by atoms with van der Waals surface area (Å²) >= 11 is 4.36. The van der Waals surface area contributed by atoms with E-state index in [9.17, 15) is 4.79 Å². The first-order valence-electron chi connectivity index (χ1n) is 3.18. The second-order valence-electron chi connectivity index (χ2n) is 1.72. The summed E-state index contributed by atoms with van der Waals surface area (Å²) in [5.41, 5.74) is 0. The number of rotatable bonds is 2. The lowest BCUT2D eigenvalue weighted by atomic mass is 10.9. The second-order valence-corrected chi connectivity index (χ2v) is 3.99. The molecule has 0 aromatic carbocycles. The highest BCUT2D eigenvalue weighted by atomic mass is 79.9. The summed E-state index contributed by atoms with van der Waals surface area (Å²) in [6, 6.07) is 0. The van der Waals surface area contributed by atoms with E-state index in [-0.39, 0.29) is 0 Å². The van der Waals surface area contributed by atoms with Crippen molar-refractivity contribution in [3.05, 3.63) is 10.1 Å². The van der Waals surface area contributed by atoms with Crippen molar-refractivity contribution in [2.75, 3.05) is 6.61 Å². The number of thiazole rings is 1. The first kappa shape index (κ1) is 9.47. The van der Waals surface area contributed by atoms with Crippen molar-refractivity contribution in [3.63, 3.8) is 0 Å². The number of hydrogen-bond donors (Lipinski definition) is 0. The molecule has 0 unspecified atom stereocenters. The van der Waals surface area contributed by atoms with Gasteiger partial charge in [-0.1, -0.05) is 11.3 Å². The minimum Gasteiger partial charge on any atom is -0.434 e. The molecule has 0 N–H and O–H groups in total. The van der Waals surface area contributed by atoms with Gasteiger partial charge < -0.3 is 9.47 Å². The Bertz CT molecular complexity index is 276. The summed E-state index contributed by atoms with van der Waals surface area (Å²) in [4.78, 5) is 14.6. The second kappa shape index (κ2) is 4.42. The Balaban J connectivity index is 2.46. The zero-order chi connectivity index (χ0) is 8.97. The highest BCUT2D eigenvalue weighted by Crippen LogP contribution is 2.25. The van der Waals surface area contributed by atoms with Crippen LogP contribution in [0.5, 0.6) is 5.06 Å². The standard InChI is InChI=1S/C6H6BrNO3S/c1-2-10-6(9)11-4-3-8-5(7)12-4/h3H,2H2,1H3. The Morgan fingerprint density at radius 3 is 3.08 bits per heavy atom. The molecule has 0 saturated heterocycles. The average Bonchev–Trinajstić information content (AvgIpc) is 2.36. The maximum atomic E-state index is 10.7. The summed E-state index contributed by atoms with van der Waals surface area (Å²) in [5, 5.41) is 0.417. The van der Waals surface area contributed by atoms with Crippen molar-refractivity contribution < 1.29 is 14.3 Å². The molecule has 6 heteroatoms. The quantitative estimate of drug-likeness (QED) is 0.758. The Labute approximate surface area is 81.6 Å². The molecule has 0 aliphatic carbocycles. The average molecular weight is 252 g/mol. The molecule has 1 rings (SSSR count). The molecule has 0 aliphatic heterocycles. The number of halogens is 1. The summed E-state index contributed by atoms with van der Waals surface area (Å²) in [6.07, 6.45) is 0.750. The highest BCUT2D eigenvalue weighted by molar-refractivity contribution is 9.11. The van der Waals surface area contributed by atoms with E-state index in [1.165, 1.54) is 17.5 Å². The van der Waals surface area contributed by atoms with Gasteiger partial charge in [-0.05, 0) is 22.9 Å². The molecule has 0 spiro atoms. The normalized spacial score (nSPS) is 9.50. The smallest absolute Gasteiger partial charge is 0.434 e. The van der Waals surface area contributed by atoms with Gasteiger partial charge in [0.1, 0.15) is 0 Å². The van der Waals surface area contributed by atoms with E-state index >= 15 is 0 Å². The van der Waals surface area contributed by atoms with Crippen LogP contribution in [-0.4, -0.2) is 17.7 Å². The zero-order valence-electron chi connectivity index (χ0n) is 6.24. The van der Waals surface area contributed by atoms with Crippen molar-refractivity contribution in [3.8, 4) is 5.06 Å². The van der Waals surface area contributed by atoms with Crippen LogP contribution in [0.4, 0.5) is 4.79 Å². The van der Waals surface area contributed by atoms with Crippen LogP contribution in [0.1, 0.15) is 6.92 Å². The van der Waals surface area contributed by atoms with Crippen LogP contribution in [-0.2, 0) is 4.74 Å². The van der Waals surface area contributed by atoms with E-state index in [0.717, 1.165) is 0 Å². The summed E-state index contributed by atoms with van der Waals surface area (Å²) in [7, 11) is 0. The van der Waals surface area contributed by atoms with Crippen molar-refractivity contribution in [1.82, 2.24) is 4.98 Å². The van der Waals surface area contributed by atoms with Gasteiger partial charge in [0.15, 0.2) is 3.92 Å². The topological polar surface area (TPSA) is 48.4 Å². The van der Waals surface area contributed by atoms with Gasteiger partial charge in [0.05, 0.1) is 12.8 Å². The van der Waals surface area contributed by atoms with Crippen molar-refractivity contribution >= 4 is 33.4 Å². The van der Waals surface area contributed by atoms with Gasteiger partial charge in [-0.2, -0.15) is 0 Å². The largest absolute Gasteiger partial charge is 0.514 e. The minimum atomic E-state index is -0.700. The van der Waals surface area contributed by atoms with Gasteiger partial charge in [-0.3, -0.25) is 0 Å². The van der Waals surface area contributed by atoms with E-state index < -0.39 is 6.16 Å². The van der Waals surface area contributed by atoms with Crippen LogP contribution >= 0.6 is 27.3 Å². The van der Waals surface area contributed by atoms with Crippen LogP contribution in [0.15, 0.2) is 10.1 Å². The SMILES string of the molecule is CCOC(=O)Oc1cnc(Br)s1. The molecule has 1 aromatic rings. The van der Waals surface area contributed by atoms with Crippen LogP contribution in [0.25, 0.3) is 0 Å². The van der Waals surface area contributed by atoms with Crippen LogP contribution in [0.3, 0.4) is 0 Å². The highest BCUT2D eigenvalue weighted by Gasteiger charge is 2.07. The van der Waals surface area contributed by atoms with Gasteiger partial charge in [0, 0.05) is 0 Å². The molecule has 12 heavy (non-hydrogen) atoms. The third kappa shape index (κ3) is 2.78. The Kier molecular flexibility index (Phi) is 3.48. The van der Waals surface area contributed by atoms with Gasteiger partial charge >= 0.3 is 6.16 Å². The number of hydrogen-bond acceptors (Lipinski definition) is 5. The maximum absolute atomic E-state index is 10.7. The Morgan fingerprint density at radius 1 is 1.83 bits per heavy atom. The first-order chi connectivity index (χ1) is 5.72. The Hall–Kier alpha value is -0.620. The fourth-order valence-electron chi connectivity index (χ4n) is 0.516. The number of carbonyl (C=O) groups is 1. The van der Waals surface area contributed by atoms with Crippen molar-refractivity contribution in [1.29, 1.82) is 0 Å². The molecule has 0 fully saturated rings. The van der Waals surface area contributed by atoms with Crippen LogP contribution in [0, 0.1) is 0 Å². The number of ether oxygens (including phenoxy) is 2. The summed E-state index contributed by atoms with van der Waals surface area (Å²) in [5.74, 6) is 0. The number of nitrogens with zero attached hydrogens (tertiary/aromatic N) is 1. The molecule has 0 aliphatic rings. The fourth-order valence-corrected chi connectivity index (χ4v) is 1.58. The molecular formula is C6H6BrNO3S. The predicted molar refractivity (Wildman–Crippen MR) is 47.5 cm³/mol. The van der Waals surface area contributed by atoms with Gasteiger partial charge in [-0.25, -0.2) is 9.78 Å². The third-order valence-corrected chi connectivity index (χ3v) is 2.26. The van der Waals surface area contributed by atoms with Gasteiger partial charge in [0.2, 0.25) is 5.06 Å². The van der Waals surface area contributed by atoms with Crippen LogP contribution in [0.2, 0.25) is 0 Å². The monoisotopic (exact) mass is 251 g/mol. The van der Waals surface area contributed by atoms with Gasteiger partial charge in [-0.15, -0.1) is 0 Å². The minimum absolute atomic E-state index is 0.304. The van der Waals surface area contributed by atoms with E-state index in [1.807, 2.05) is 0 Å². The molecule has 1 aromatic heterocycles. The number of carbonyl (C=O) groups excluding carboxylic acids is 1. The predicted octanol–water partition coefficient (Wildman–Crippen LogP) is 2.44. The molecular weight excluding hydrogens is 246 g/mol. The van der Waals surface area contributed by atoms with E-state index in [4.69, 9.17) is 4.74 Å². The van der Waals surface area contributed by atoms with E-state index in [2.05, 4.69) is 25.7 Å². The molecule has 0 atom stereocenters. The fraction of sp³-hybridized carbons (Fsp3) is 0.333. The first-order valence-corrected chi connectivity index (χ1v) is 4.79. The van der Waals surface area contributed by atoms with Gasteiger partial charge in [0.25, 0.3) is 0 Å². The van der Waals surface area contributed by atoms with E-state index in [0.29, 0.717) is 15.6 Å². The lowest BCUT2D eigenvalue weighted by molar-refractivity contribution is 0.105. The van der Waals surface area contributed by atoms with Crippen molar-refractivity contribution in [2.24, 2.45) is 0 Å². The molecule has 0 amide bonds. The molecule has 1 heterocycles. The number of aromatic nitrogens is 1. The summed E-state index contributed by atoms with van der Waals surface area (Å²) in [6.45, 7) is 2.02. The zero-order valence-corrected chi connectivity index (χ0v) is 8.65. The lowest BCUT2D eigenvalue weighted by Gasteiger charge is -1.98. The molecule has 0 saturated carbocycles. The molecule has 0 bridgehead atoms. The lowest BCUT2D eigenvalue weighted by Crippen LogP contribution is -2.08. The molecule has 0 radical (unpaired) electrons. The third-order valence-electron chi connectivity index (χ3n) is 0.902. The molecule has 66 valence electrons. The van der Waals surface area contributed by atoms with Crippen LogP contribution < -0.4 is 4.74 Å². The van der Waals surface area contributed by atoms with E-state index in [1.54, 1.807) is 6.92 Å². The summed E-state index contributed by atoms with van der Waals surface area (Å²) < 4.78 is 9.97. The molecule has 4 nitrogen and oxygen atoms in total. The Morgan fingerprint density at radius 2 is 2.58 bits per heavy atom.